The summed E-state index contributed by atoms with van der Waals surface area (Å²) in [6, 6.07) is 5.90. The molecule has 0 aliphatic carbocycles. The molecule has 0 spiro atoms. The molecule has 0 saturated carbocycles. The van der Waals surface area contributed by atoms with E-state index in [0.29, 0.717) is 5.69 Å². The fourth-order valence-electron chi connectivity index (χ4n) is 1.12. The van der Waals surface area contributed by atoms with E-state index in [2.05, 4.69) is 23.1 Å². The van der Waals surface area contributed by atoms with Gasteiger partial charge in [-0.2, -0.15) is 13.2 Å². The van der Waals surface area contributed by atoms with Crippen LogP contribution in [0.2, 0.25) is 0 Å². The van der Waals surface area contributed by atoms with Gasteiger partial charge in [0.15, 0.2) is 5.11 Å². The molecule has 0 unspecified atom stereocenters. The van der Waals surface area contributed by atoms with Crippen molar-refractivity contribution in [3.63, 3.8) is 0 Å². The molecule has 0 heterocycles. The first-order valence-corrected chi connectivity index (χ1v) is 4.75. The molecule has 1 aromatic rings. The Balaban J connectivity index is 2.67. The van der Waals surface area contributed by atoms with Crippen LogP contribution in [0.3, 0.4) is 0 Å². The molecule has 4 N–H and O–H groups in total. The first-order chi connectivity index (χ1) is 7.37. The standard InChI is InChI=1S/C9H10F3N3S/c10-9(11,12)5-6-2-1-3-7(4-6)14-15-8(13)16/h1-4,14H,5H2,(H3,13,15,16). The zero-order valence-electron chi connectivity index (χ0n) is 8.14. The van der Waals surface area contributed by atoms with E-state index >= 15 is 0 Å². The van der Waals surface area contributed by atoms with Crippen molar-refractivity contribution in [2.45, 2.75) is 12.6 Å². The van der Waals surface area contributed by atoms with Gasteiger partial charge in [-0.25, -0.2) is 0 Å². The van der Waals surface area contributed by atoms with E-state index in [0.717, 1.165) is 0 Å². The average Bonchev–Trinajstić information content (AvgIpc) is 2.12. The van der Waals surface area contributed by atoms with Gasteiger partial charge in [-0.1, -0.05) is 12.1 Å². The van der Waals surface area contributed by atoms with Crippen molar-refractivity contribution in [3.8, 4) is 0 Å². The van der Waals surface area contributed by atoms with Gasteiger partial charge in [0.1, 0.15) is 0 Å². The maximum absolute atomic E-state index is 12.1. The highest BCUT2D eigenvalue weighted by Crippen LogP contribution is 2.22. The molecule has 88 valence electrons. The number of thiocarbonyl (C=S) groups is 1. The van der Waals surface area contributed by atoms with Gasteiger partial charge < -0.3 is 5.73 Å². The molecule has 0 fully saturated rings. The van der Waals surface area contributed by atoms with Gasteiger partial charge in [0.25, 0.3) is 0 Å². The molecule has 0 aliphatic rings. The first-order valence-electron chi connectivity index (χ1n) is 4.34. The number of rotatable bonds is 3. The Morgan fingerprint density at radius 1 is 1.38 bits per heavy atom. The Labute approximate surface area is 95.8 Å². The normalized spacial score (nSPS) is 10.9. The average molecular weight is 249 g/mol. The van der Waals surface area contributed by atoms with Gasteiger partial charge in [-0.15, -0.1) is 0 Å². The van der Waals surface area contributed by atoms with Gasteiger partial charge in [0.05, 0.1) is 12.1 Å². The number of halogens is 3. The van der Waals surface area contributed by atoms with Crippen LogP contribution in [0.4, 0.5) is 18.9 Å². The SMILES string of the molecule is NC(=S)NNc1cccc(CC(F)(F)F)c1. The minimum atomic E-state index is -4.21. The number of benzene rings is 1. The van der Waals surface area contributed by atoms with Crippen molar-refractivity contribution in [2.24, 2.45) is 5.73 Å². The zero-order chi connectivity index (χ0) is 12.2. The Morgan fingerprint density at radius 2 is 2.06 bits per heavy atom. The second-order valence-electron chi connectivity index (χ2n) is 3.11. The van der Waals surface area contributed by atoms with Gasteiger partial charge in [0, 0.05) is 0 Å². The quantitative estimate of drug-likeness (QED) is 0.566. The van der Waals surface area contributed by atoms with E-state index in [9.17, 15) is 13.2 Å². The van der Waals surface area contributed by atoms with Crippen LogP contribution >= 0.6 is 12.2 Å². The van der Waals surface area contributed by atoms with Crippen LogP contribution in [0.5, 0.6) is 0 Å². The molecular weight excluding hydrogens is 239 g/mol. The van der Waals surface area contributed by atoms with Crippen molar-refractivity contribution >= 4 is 23.0 Å². The predicted octanol–water partition coefficient (Wildman–Crippen LogP) is 1.95. The number of hydrogen-bond donors (Lipinski definition) is 3. The highest BCUT2D eigenvalue weighted by molar-refractivity contribution is 7.80. The maximum Gasteiger partial charge on any atom is 0.393 e. The lowest BCUT2D eigenvalue weighted by molar-refractivity contribution is -0.127. The summed E-state index contributed by atoms with van der Waals surface area (Å²) in [6.07, 6.45) is -5.18. The summed E-state index contributed by atoms with van der Waals surface area (Å²) in [5.41, 5.74) is 10.8. The van der Waals surface area contributed by atoms with Crippen molar-refractivity contribution < 1.29 is 13.2 Å². The Hall–Kier alpha value is -1.50. The molecule has 0 amide bonds. The smallest absolute Gasteiger partial charge is 0.375 e. The summed E-state index contributed by atoms with van der Waals surface area (Å²) < 4.78 is 36.3. The summed E-state index contributed by atoms with van der Waals surface area (Å²) in [4.78, 5) is 0. The van der Waals surface area contributed by atoms with E-state index in [1.807, 2.05) is 0 Å². The van der Waals surface area contributed by atoms with E-state index in [1.54, 1.807) is 6.07 Å². The summed E-state index contributed by atoms with van der Waals surface area (Å²) in [6.45, 7) is 0. The minimum absolute atomic E-state index is 0.0150. The van der Waals surface area contributed by atoms with Crippen molar-refractivity contribution in [1.82, 2.24) is 5.43 Å². The molecule has 0 bridgehead atoms. The monoisotopic (exact) mass is 249 g/mol. The molecule has 0 saturated heterocycles. The number of hydrazine groups is 1. The van der Waals surface area contributed by atoms with E-state index < -0.39 is 12.6 Å². The third kappa shape index (κ3) is 4.83. The summed E-state index contributed by atoms with van der Waals surface area (Å²) in [5, 5.41) is 0.0150. The highest BCUT2D eigenvalue weighted by atomic mass is 32.1. The first kappa shape index (κ1) is 12.6. The summed E-state index contributed by atoms with van der Waals surface area (Å²) in [7, 11) is 0. The number of nitrogens with two attached hydrogens (primary N) is 1. The molecule has 16 heavy (non-hydrogen) atoms. The third-order valence-corrected chi connectivity index (χ3v) is 1.76. The molecule has 3 nitrogen and oxygen atoms in total. The molecule has 1 rings (SSSR count). The summed E-state index contributed by atoms with van der Waals surface area (Å²) in [5.74, 6) is 0. The van der Waals surface area contributed by atoms with E-state index in [4.69, 9.17) is 5.73 Å². The van der Waals surface area contributed by atoms with Crippen LogP contribution in [0.25, 0.3) is 0 Å². The van der Waals surface area contributed by atoms with Crippen LogP contribution in [0.15, 0.2) is 24.3 Å². The maximum atomic E-state index is 12.1. The van der Waals surface area contributed by atoms with E-state index in [-0.39, 0.29) is 10.7 Å². The molecule has 0 radical (unpaired) electrons. The Morgan fingerprint density at radius 3 is 2.62 bits per heavy atom. The van der Waals surface area contributed by atoms with Crippen LogP contribution < -0.4 is 16.6 Å². The fourth-order valence-corrected chi connectivity index (χ4v) is 1.18. The molecule has 0 aliphatic heterocycles. The van der Waals surface area contributed by atoms with Crippen molar-refractivity contribution in [3.05, 3.63) is 29.8 Å². The second kappa shape index (κ2) is 5.02. The summed E-state index contributed by atoms with van der Waals surface area (Å²) >= 11 is 4.54. The Bertz CT molecular complexity index is 379. The lowest BCUT2D eigenvalue weighted by Crippen LogP contribution is -2.33. The lowest BCUT2D eigenvalue weighted by Gasteiger charge is -2.10. The molecule has 0 atom stereocenters. The van der Waals surface area contributed by atoms with Crippen LogP contribution in [0, 0.1) is 0 Å². The van der Waals surface area contributed by atoms with Crippen LogP contribution in [-0.4, -0.2) is 11.3 Å². The minimum Gasteiger partial charge on any atom is -0.375 e. The predicted molar refractivity (Wildman–Crippen MR) is 59.7 cm³/mol. The molecule has 1 aromatic carbocycles. The van der Waals surface area contributed by atoms with E-state index in [1.165, 1.54) is 18.2 Å². The number of alkyl halides is 3. The molecule has 7 heteroatoms. The topological polar surface area (TPSA) is 50.1 Å². The number of anilines is 1. The van der Waals surface area contributed by atoms with Crippen molar-refractivity contribution in [1.29, 1.82) is 0 Å². The fraction of sp³-hybridized carbons (Fsp3) is 0.222. The third-order valence-electron chi connectivity index (χ3n) is 1.66. The zero-order valence-corrected chi connectivity index (χ0v) is 8.95. The largest absolute Gasteiger partial charge is 0.393 e. The van der Waals surface area contributed by atoms with Gasteiger partial charge in [0.2, 0.25) is 0 Å². The number of hydrogen-bond acceptors (Lipinski definition) is 2. The number of nitrogens with one attached hydrogen (secondary N) is 2. The molecule has 0 aromatic heterocycles. The highest BCUT2D eigenvalue weighted by Gasteiger charge is 2.27. The van der Waals surface area contributed by atoms with Crippen molar-refractivity contribution in [2.75, 3.05) is 5.43 Å². The molecular formula is C9H10F3N3S. The van der Waals surface area contributed by atoms with Gasteiger partial charge in [-0.05, 0) is 29.9 Å². The lowest BCUT2D eigenvalue weighted by atomic mass is 10.1. The van der Waals surface area contributed by atoms with Gasteiger partial charge in [-0.3, -0.25) is 10.9 Å². The van der Waals surface area contributed by atoms with Gasteiger partial charge >= 0.3 is 6.18 Å². The second-order valence-corrected chi connectivity index (χ2v) is 3.55. The Kier molecular flexibility index (Phi) is 3.94. The van der Waals surface area contributed by atoms with Crippen LogP contribution in [-0.2, 0) is 6.42 Å². The van der Waals surface area contributed by atoms with Crippen LogP contribution in [0.1, 0.15) is 5.56 Å².